The molecule has 0 saturated heterocycles. The van der Waals surface area contributed by atoms with Gasteiger partial charge in [-0.3, -0.25) is 9.59 Å². The second-order valence-corrected chi connectivity index (χ2v) is 7.24. The number of hydrogen-bond acceptors (Lipinski definition) is 3. The van der Waals surface area contributed by atoms with E-state index in [-0.39, 0.29) is 11.8 Å². The number of hydrogen-bond donors (Lipinski definition) is 0. The Hall–Kier alpha value is -2.34. The first-order valence-electron chi connectivity index (χ1n) is 11.4. The first-order chi connectivity index (χ1) is 14.7. The van der Waals surface area contributed by atoms with E-state index in [0.717, 1.165) is 44.9 Å². The minimum Gasteiger partial charge on any atom is -0.466 e. The molecule has 0 unspecified atom stereocenters. The van der Waals surface area contributed by atoms with Crippen LogP contribution in [0.1, 0.15) is 90.9 Å². The number of carbonyl (C=O) groups is 2. The zero-order valence-corrected chi connectivity index (χ0v) is 19.0. The first kappa shape index (κ1) is 27.7. The SMILES string of the molecule is CCCCC=CC=CCC=CC=CC#CCCCCCCC(=O)CCCOC(C)=O. The van der Waals surface area contributed by atoms with Gasteiger partial charge >= 0.3 is 5.97 Å². The van der Waals surface area contributed by atoms with Crippen LogP contribution in [0, 0.1) is 11.8 Å². The summed E-state index contributed by atoms with van der Waals surface area (Å²) in [6.45, 7) is 3.94. The van der Waals surface area contributed by atoms with Crippen molar-refractivity contribution in [2.24, 2.45) is 0 Å². The highest BCUT2D eigenvalue weighted by atomic mass is 16.5. The lowest BCUT2D eigenvalue weighted by Gasteiger charge is -2.02. The van der Waals surface area contributed by atoms with Gasteiger partial charge in [0.05, 0.1) is 6.61 Å². The number of ether oxygens (including phenoxy) is 1. The summed E-state index contributed by atoms with van der Waals surface area (Å²) in [7, 11) is 0. The zero-order chi connectivity index (χ0) is 22.1. The van der Waals surface area contributed by atoms with Crippen molar-refractivity contribution < 1.29 is 14.3 Å². The topological polar surface area (TPSA) is 43.4 Å². The minimum atomic E-state index is -0.286. The third-order valence-corrected chi connectivity index (χ3v) is 4.32. The number of carbonyl (C=O) groups excluding carboxylic acids is 2. The van der Waals surface area contributed by atoms with Gasteiger partial charge in [0.1, 0.15) is 5.78 Å². The number of esters is 1. The predicted molar refractivity (Wildman–Crippen MR) is 127 cm³/mol. The molecule has 0 aromatic heterocycles. The molecule has 0 bridgehead atoms. The fourth-order valence-electron chi connectivity index (χ4n) is 2.62. The van der Waals surface area contributed by atoms with Gasteiger partial charge in [0.2, 0.25) is 0 Å². The lowest BCUT2D eigenvalue weighted by Crippen LogP contribution is -2.04. The molecular formula is C27H40O3. The maximum Gasteiger partial charge on any atom is 0.302 e. The van der Waals surface area contributed by atoms with Gasteiger partial charge in [-0.15, -0.1) is 0 Å². The van der Waals surface area contributed by atoms with Crippen molar-refractivity contribution in [3.05, 3.63) is 48.6 Å². The van der Waals surface area contributed by atoms with Gasteiger partial charge in [-0.1, -0.05) is 87.0 Å². The summed E-state index contributed by atoms with van der Waals surface area (Å²) >= 11 is 0. The van der Waals surface area contributed by atoms with E-state index >= 15 is 0 Å². The molecule has 3 nitrogen and oxygen atoms in total. The molecule has 3 heteroatoms. The number of ketones is 1. The summed E-state index contributed by atoms with van der Waals surface area (Å²) in [5, 5.41) is 0. The number of rotatable bonds is 17. The summed E-state index contributed by atoms with van der Waals surface area (Å²) in [6, 6.07) is 0. The normalized spacial score (nSPS) is 11.5. The van der Waals surface area contributed by atoms with E-state index in [0.29, 0.717) is 25.9 Å². The maximum absolute atomic E-state index is 11.7. The molecule has 0 aliphatic heterocycles. The maximum atomic E-state index is 11.7. The van der Waals surface area contributed by atoms with E-state index in [2.05, 4.69) is 49.1 Å². The Kier molecular flexibility index (Phi) is 21.2. The van der Waals surface area contributed by atoms with E-state index in [1.54, 1.807) is 0 Å². The molecule has 0 fully saturated rings. The summed E-state index contributed by atoms with van der Waals surface area (Å²) in [5.41, 5.74) is 0. The fraction of sp³-hybridized carbons (Fsp3) is 0.556. The van der Waals surface area contributed by atoms with Crippen molar-refractivity contribution in [3.8, 4) is 11.8 Å². The van der Waals surface area contributed by atoms with Gasteiger partial charge in [0.25, 0.3) is 0 Å². The zero-order valence-electron chi connectivity index (χ0n) is 19.0. The second-order valence-electron chi connectivity index (χ2n) is 7.24. The second kappa shape index (κ2) is 22.9. The molecule has 0 saturated carbocycles. The van der Waals surface area contributed by atoms with Crippen LogP contribution in [0.15, 0.2) is 48.6 Å². The molecule has 0 heterocycles. The van der Waals surface area contributed by atoms with Crippen LogP contribution in [0.25, 0.3) is 0 Å². The van der Waals surface area contributed by atoms with E-state index in [4.69, 9.17) is 4.74 Å². The van der Waals surface area contributed by atoms with Crippen molar-refractivity contribution in [2.45, 2.75) is 90.9 Å². The monoisotopic (exact) mass is 412 g/mol. The third kappa shape index (κ3) is 23.7. The molecule has 0 aliphatic carbocycles. The van der Waals surface area contributed by atoms with Crippen LogP contribution in [-0.4, -0.2) is 18.4 Å². The average molecular weight is 413 g/mol. The molecule has 0 atom stereocenters. The van der Waals surface area contributed by atoms with Gasteiger partial charge in [-0.05, 0) is 38.2 Å². The molecular weight excluding hydrogens is 372 g/mol. The van der Waals surface area contributed by atoms with Crippen molar-refractivity contribution in [3.63, 3.8) is 0 Å². The highest BCUT2D eigenvalue weighted by Crippen LogP contribution is 2.07. The molecule has 0 aromatic carbocycles. The van der Waals surface area contributed by atoms with Crippen LogP contribution < -0.4 is 0 Å². The Morgan fingerprint density at radius 3 is 2.30 bits per heavy atom. The lowest BCUT2D eigenvalue weighted by atomic mass is 10.1. The summed E-state index contributed by atoms with van der Waals surface area (Å²) in [6.07, 6.45) is 28.1. The van der Waals surface area contributed by atoms with E-state index in [1.807, 2.05) is 18.2 Å². The van der Waals surface area contributed by atoms with Crippen molar-refractivity contribution in [1.29, 1.82) is 0 Å². The van der Waals surface area contributed by atoms with Gasteiger partial charge in [-0.25, -0.2) is 0 Å². The van der Waals surface area contributed by atoms with Crippen LogP contribution in [-0.2, 0) is 14.3 Å². The third-order valence-electron chi connectivity index (χ3n) is 4.32. The van der Waals surface area contributed by atoms with Crippen LogP contribution in [0.2, 0.25) is 0 Å². The van der Waals surface area contributed by atoms with Crippen LogP contribution in [0.4, 0.5) is 0 Å². The Bertz CT molecular complexity index is 612. The number of unbranched alkanes of at least 4 members (excludes halogenated alkanes) is 6. The smallest absolute Gasteiger partial charge is 0.302 e. The highest BCUT2D eigenvalue weighted by molar-refractivity contribution is 5.78. The summed E-state index contributed by atoms with van der Waals surface area (Å²) in [5.74, 6) is 6.20. The Balaban J connectivity index is 3.53. The number of allylic oxidation sites excluding steroid dienone is 8. The molecule has 0 spiro atoms. The van der Waals surface area contributed by atoms with Crippen molar-refractivity contribution in [1.82, 2.24) is 0 Å². The fourth-order valence-corrected chi connectivity index (χ4v) is 2.62. The van der Waals surface area contributed by atoms with Crippen LogP contribution in [0.3, 0.4) is 0 Å². The van der Waals surface area contributed by atoms with Gasteiger partial charge < -0.3 is 4.74 Å². The van der Waals surface area contributed by atoms with Crippen molar-refractivity contribution >= 4 is 11.8 Å². The molecule has 166 valence electrons. The first-order valence-corrected chi connectivity index (χ1v) is 11.4. The quantitative estimate of drug-likeness (QED) is 0.111. The lowest BCUT2D eigenvalue weighted by molar-refractivity contribution is -0.141. The van der Waals surface area contributed by atoms with Crippen molar-refractivity contribution in [2.75, 3.05) is 6.61 Å². The molecule has 0 N–H and O–H groups in total. The Morgan fingerprint density at radius 1 is 0.833 bits per heavy atom. The van der Waals surface area contributed by atoms with Gasteiger partial charge in [0.15, 0.2) is 0 Å². The Morgan fingerprint density at radius 2 is 1.53 bits per heavy atom. The van der Waals surface area contributed by atoms with Gasteiger partial charge in [-0.2, -0.15) is 0 Å². The van der Waals surface area contributed by atoms with E-state index in [9.17, 15) is 9.59 Å². The van der Waals surface area contributed by atoms with Gasteiger partial charge in [0, 0.05) is 26.2 Å². The molecule has 0 radical (unpaired) electrons. The Labute approximate surface area is 184 Å². The summed E-state index contributed by atoms with van der Waals surface area (Å²) < 4.78 is 4.82. The molecule has 0 amide bonds. The molecule has 30 heavy (non-hydrogen) atoms. The molecule has 0 aliphatic rings. The summed E-state index contributed by atoms with van der Waals surface area (Å²) in [4.78, 5) is 22.3. The van der Waals surface area contributed by atoms with Crippen LogP contribution >= 0.6 is 0 Å². The standard InChI is InChI=1S/C27H40O3/c1-3-4-5-6-7-8-9-10-11-12-13-14-15-16-17-18-19-20-21-23-27(29)24-22-25-30-26(2)28/h6-9,11-14H,3-5,10,17-25H2,1-2H3. The highest BCUT2D eigenvalue weighted by Gasteiger charge is 2.02. The number of Topliss-reactive ketones (excluding diaryl/α,β-unsaturated/α-hetero) is 1. The van der Waals surface area contributed by atoms with E-state index < -0.39 is 0 Å². The minimum absolute atomic E-state index is 0.263. The molecule has 0 rings (SSSR count). The average Bonchev–Trinajstić information content (AvgIpc) is 2.72. The largest absolute Gasteiger partial charge is 0.466 e. The predicted octanol–water partition coefficient (Wildman–Crippen LogP) is 7.05. The molecule has 0 aromatic rings. The van der Waals surface area contributed by atoms with E-state index in [1.165, 1.54) is 19.8 Å². The van der Waals surface area contributed by atoms with Crippen LogP contribution in [0.5, 0.6) is 0 Å².